The lowest BCUT2D eigenvalue weighted by atomic mass is 9.81. The molecule has 0 spiro atoms. The van der Waals surface area contributed by atoms with E-state index in [0.717, 1.165) is 40.3 Å². The van der Waals surface area contributed by atoms with Gasteiger partial charge in [-0.1, -0.05) is 35.3 Å². The Bertz CT molecular complexity index is 1260. The second-order valence-corrected chi connectivity index (χ2v) is 9.35. The molecule has 5 nitrogen and oxygen atoms in total. The van der Waals surface area contributed by atoms with Gasteiger partial charge < -0.3 is 15.0 Å². The van der Waals surface area contributed by atoms with Crippen molar-refractivity contribution >= 4 is 51.7 Å². The van der Waals surface area contributed by atoms with Gasteiger partial charge in [-0.25, -0.2) is 9.18 Å². The molecule has 0 aliphatic carbocycles. The van der Waals surface area contributed by atoms with Gasteiger partial charge in [-0.05, 0) is 83.5 Å². The van der Waals surface area contributed by atoms with E-state index < -0.39 is 0 Å². The molecule has 8 heteroatoms. The molecule has 1 fully saturated rings. The van der Waals surface area contributed by atoms with Crippen LogP contribution < -0.4 is 5.32 Å². The first-order valence-electron chi connectivity index (χ1n) is 11.1. The van der Waals surface area contributed by atoms with Crippen LogP contribution in [0, 0.1) is 12.7 Å². The van der Waals surface area contributed by atoms with Crippen molar-refractivity contribution in [3.05, 3.63) is 75.0 Å². The van der Waals surface area contributed by atoms with Gasteiger partial charge in [0.25, 0.3) is 0 Å². The number of likely N-dealkylation sites (tertiary alicyclic amines) is 1. The maximum atomic E-state index is 14.2. The van der Waals surface area contributed by atoms with Crippen LogP contribution in [0.15, 0.2) is 42.5 Å². The molecule has 1 saturated heterocycles. The molecule has 0 aromatic heterocycles. The number of carbonyl (C=O) groups excluding carboxylic acids is 2. The number of esters is 1. The quantitative estimate of drug-likeness (QED) is 0.402. The molecule has 34 heavy (non-hydrogen) atoms. The van der Waals surface area contributed by atoms with E-state index in [2.05, 4.69) is 5.32 Å². The summed E-state index contributed by atoms with van der Waals surface area (Å²) in [7, 11) is 1.37. The lowest BCUT2D eigenvalue weighted by molar-refractivity contribution is -0.139. The van der Waals surface area contributed by atoms with Gasteiger partial charge in [-0.3, -0.25) is 4.79 Å². The molecular formula is C26H25Cl2FN2O3. The Balaban J connectivity index is 1.56. The number of hydrogen-bond acceptors (Lipinski definition) is 3. The molecule has 0 atom stereocenters. The maximum Gasteiger partial charge on any atom is 0.321 e. The van der Waals surface area contributed by atoms with Gasteiger partial charge in [0.05, 0.1) is 24.2 Å². The van der Waals surface area contributed by atoms with Gasteiger partial charge in [0.15, 0.2) is 0 Å². The highest BCUT2D eigenvalue weighted by molar-refractivity contribution is 6.36. The molecule has 3 aromatic carbocycles. The van der Waals surface area contributed by atoms with Crippen LogP contribution in [0.1, 0.15) is 35.4 Å². The molecule has 0 unspecified atom stereocenters. The number of fused-ring (bicyclic) bond motifs is 1. The molecule has 2 amide bonds. The number of rotatable bonds is 4. The third kappa shape index (κ3) is 5.13. The largest absolute Gasteiger partial charge is 0.469 e. The minimum Gasteiger partial charge on any atom is -0.469 e. The summed E-state index contributed by atoms with van der Waals surface area (Å²) in [6, 6.07) is 11.4. The predicted octanol–water partition coefficient (Wildman–Crippen LogP) is 6.72. The number of carbonyl (C=O) groups is 2. The van der Waals surface area contributed by atoms with Crippen LogP contribution in [-0.2, 0) is 16.0 Å². The Labute approximate surface area is 207 Å². The van der Waals surface area contributed by atoms with Crippen LogP contribution >= 0.6 is 23.2 Å². The van der Waals surface area contributed by atoms with Gasteiger partial charge in [0.2, 0.25) is 0 Å². The van der Waals surface area contributed by atoms with Crippen molar-refractivity contribution in [2.24, 2.45) is 0 Å². The van der Waals surface area contributed by atoms with E-state index >= 15 is 0 Å². The van der Waals surface area contributed by atoms with Crippen molar-refractivity contribution in [3.8, 4) is 0 Å². The topological polar surface area (TPSA) is 58.6 Å². The third-order valence-electron chi connectivity index (χ3n) is 6.45. The normalized spacial score (nSPS) is 14.3. The zero-order chi connectivity index (χ0) is 24.4. The summed E-state index contributed by atoms with van der Waals surface area (Å²) in [5.74, 6) is -0.488. The number of nitrogens with zero attached hydrogens (tertiary/aromatic N) is 1. The first kappa shape index (κ1) is 24.3. The van der Waals surface area contributed by atoms with Gasteiger partial charge in [-0.2, -0.15) is 0 Å². The Morgan fingerprint density at radius 2 is 1.85 bits per heavy atom. The number of benzene rings is 3. The van der Waals surface area contributed by atoms with Crippen LogP contribution in [0.5, 0.6) is 0 Å². The fourth-order valence-corrected chi connectivity index (χ4v) is 5.11. The van der Waals surface area contributed by atoms with Crippen LogP contribution in [0.4, 0.5) is 14.9 Å². The number of piperidine rings is 1. The van der Waals surface area contributed by atoms with Crippen molar-refractivity contribution in [1.82, 2.24) is 4.90 Å². The number of nitrogens with one attached hydrogen (secondary N) is 1. The minimum atomic E-state index is -0.317. The van der Waals surface area contributed by atoms with Crippen molar-refractivity contribution in [2.75, 3.05) is 25.5 Å². The standard InChI is InChI=1S/C26H25Cl2FN2O3/c1-15-18(12-24(32)34-2)11-17-3-5-20(29)14-21(17)25(15)16-7-9-31(10-8-16)26(33)30-23-6-4-19(27)13-22(23)28/h3-6,11,13-14,16H,7-10,12H2,1-2H3,(H,30,33). The Morgan fingerprint density at radius 1 is 1.12 bits per heavy atom. The van der Waals surface area contributed by atoms with E-state index in [-0.39, 0.29) is 30.2 Å². The van der Waals surface area contributed by atoms with Gasteiger partial charge in [0.1, 0.15) is 5.82 Å². The van der Waals surface area contributed by atoms with Crippen LogP contribution in [0.25, 0.3) is 10.8 Å². The van der Waals surface area contributed by atoms with Crippen molar-refractivity contribution < 1.29 is 18.7 Å². The monoisotopic (exact) mass is 502 g/mol. The Morgan fingerprint density at radius 3 is 2.53 bits per heavy atom. The van der Waals surface area contributed by atoms with Crippen molar-refractivity contribution in [3.63, 3.8) is 0 Å². The molecule has 0 bridgehead atoms. The minimum absolute atomic E-state index is 0.130. The van der Waals surface area contributed by atoms with E-state index in [9.17, 15) is 14.0 Å². The fourth-order valence-electron chi connectivity index (χ4n) is 4.65. The smallest absolute Gasteiger partial charge is 0.321 e. The average Bonchev–Trinajstić information content (AvgIpc) is 2.81. The average molecular weight is 503 g/mol. The van der Waals surface area contributed by atoms with E-state index in [1.807, 2.05) is 13.0 Å². The number of halogens is 3. The number of urea groups is 1. The number of hydrogen-bond donors (Lipinski definition) is 1. The number of amides is 2. The van der Waals surface area contributed by atoms with E-state index in [1.165, 1.54) is 13.2 Å². The second-order valence-electron chi connectivity index (χ2n) is 8.51. The highest BCUT2D eigenvalue weighted by atomic mass is 35.5. The molecule has 4 rings (SSSR count). The summed E-state index contributed by atoms with van der Waals surface area (Å²) in [6.07, 6.45) is 1.59. The van der Waals surface area contributed by atoms with Gasteiger partial charge >= 0.3 is 12.0 Å². The van der Waals surface area contributed by atoms with Gasteiger partial charge in [-0.15, -0.1) is 0 Å². The second kappa shape index (κ2) is 10.2. The van der Waals surface area contributed by atoms with Crippen LogP contribution in [0.3, 0.4) is 0 Å². The molecule has 1 aliphatic rings. The lowest BCUT2D eigenvalue weighted by Crippen LogP contribution is -2.40. The number of ether oxygens (including phenoxy) is 1. The summed E-state index contributed by atoms with van der Waals surface area (Å²) in [4.78, 5) is 26.5. The summed E-state index contributed by atoms with van der Waals surface area (Å²) in [5, 5.41) is 5.45. The first-order valence-corrected chi connectivity index (χ1v) is 11.8. The van der Waals surface area contributed by atoms with E-state index in [1.54, 1.807) is 35.2 Å². The fraction of sp³-hybridized carbons (Fsp3) is 0.308. The molecular weight excluding hydrogens is 478 g/mol. The molecule has 1 N–H and O–H groups in total. The molecule has 1 aliphatic heterocycles. The van der Waals surface area contributed by atoms with Crippen LogP contribution in [0.2, 0.25) is 10.0 Å². The number of methoxy groups -OCH3 is 1. The SMILES string of the molecule is COC(=O)Cc1cc2ccc(F)cc2c(C2CCN(C(=O)Nc3ccc(Cl)cc3Cl)CC2)c1C. The lowest BCUT2D eigenvalue weighted by Gasteiger charge is -2.34. The number of anilines is 1. The maximum absolute atomic E-state index is 14.2. The Kier molecular flexibility index (Phi) is 7.29. The van der Waals surface area contributed by atoms with E-state index in [4.69, 9.17) is 27.9 Å². The highest BCUT2D eigenvalue weighted by Gasteiger charge is 2.27. The van der Waals surface area contributed by atoms with E-state index in [0.29, 0.717) is 28.8 Å². The van der Waals surface area contributed by atoms with Crippen molar-refractivity contribution in [2.45, 2.75) is 32.1 Å². The first-order chi connectivity index (χ1) is 16.3. The summed E-state index contributed by atoms with van der Waals surface area (Å²) < 4.78 is 19.0. The predicted molar refractivity (Wildman–Crippen MR) is 133 cm³/mol. The molecule has 0 radical (unpaired) electrons. The van der Waals surface area contributed by atoms with Crippen LogP contribution in [-0.4, -0.2) is 37.1 Å². The molecule has 0 saturated carbocycles. The zero-order valence-electron chi connectivity index (χ0n) is 19.0. The molecule has 1 heterocycles. The zero-order valence-corrected chi connectivity index (χ0v) is 20.5. The van der Waals surface area contributed by atoms with Crippen molar-refractivity contribution in [1.29, 1.82) is 0 Å². The third-order valence-corrected chi connectivity index (χ3v) is 6.99. The highest BCUT2D eigenvalue weighted by Crippen LogP contribution is 2.38. The summed E-state index contributed by atoms with van der Waals surface area (Å²) >= 11 is 12.1. The van der Waals surface area contributed by atoms with Gasteiger partial charge in [0, 0.05) is 18.1 Å². The Hall–Kier alpha value is -2.83. The molecule has 3 aromatic rings. The summed E-state index contributed by atoms with van der Waals surface area (Å²) in [6.45, 7) is 3.05. The summed E-state index contributed by atoms with van der Waals surface area (Å²) in [5.41, 5.74) is 3.39. The molecule has 178 valence electrons.